The summed E-state index contributed by atoms with van der Waals surface area (Å²) in [6.07, 6.45) is 7.26. The number of carbonyl (C=O) groups excluding carboxylic acids is 2. The molecule has 0 fully saturated rings. The summed E-state index contributed by atoms with van der Waals surface area (Å²) in [6.45, 7) is 6.26. The monoisotopic (exact) mass is 398 g/mol. The molecule has 1 aliphatic carbocycles. The van der Waals surface area contributed by atoms with Crippen LogP contribution in [0.25, 0.3) is 0 Å². The van der Waals surface area contributed by atoms with Gasteiger partial charge in [-0.05, 0) is 47.4 Å². The molecular weight excluding hydrogens is 380 g/mol. The molecule has 5 heteroatoms. The molecule has 25 heavy (non-hydrogen) atoms. The van der Waals surface area contributed by atoms with E-state index in [9.17, 15) is 9.59 Å². The minimum atomic E-state index is -0.309. The number of aliphatic imine (C=N–C) groups is 1. The van der Waals surface area contributed by atoms with Crippen molar-refractivity contribution in [2.75, 3.05) is 0 Å². The van der Waals surface area contributed by atoms with Crippen LogP contribution in [0.5, 0.6) is 0 Å². The average molecular weight is 399 g/mol. The molecule has 1 unspecified atom stereocenters. The van der Waals surface area contributed by atoms with Gasteiger partial charge in [-0.3, -0.25) is 9.59 Å². The van der Waals surface area contributed by atoms with Gasteiger partial charge in [0.05, 0.1) is 5.71 Å². The van der Waals surface area contributed by atoms with Crippen LogP contribution in [-0.2, 0) is 4.79 Å². The first kappa shape index (κ1) is 17.5. The van der Waals surface area contributed by atoms with Crippen molar-refractivity contribution in [3.05, 3.63) is 69.9 Å². The molecule has 1 heterocycles. The Morgan fingerprint density at radius 1 is 1.16 bits per heavy atom. The lowest BCUT2D eigenvalue weighted by molar-refractivity contribution is -0.116. The molecule has 1 atom stereocenters. The first-order chi connectivity index (χ1) is 11.7. The number of allylic oxidation sites excluding steroid dienone is 3. The maximum Gasteiger partial charge on any atom is 0.277 e. The number of rotatable bonds is 1. The Hall–Kier alpha value is -2.27. The number of halogens is 1. The van der Waals surface area contributed by atoms with Gasteiger partial charge in [0.1, 0.15) is 0 Å². The van der Waals surface area contributed by atoms with E-state index in [1.165, 1.54) is 0 Å². The molecule has 2 aliphatic rings. The predicted molar refractivity (Wildman–Crippen MR) is 102 cm³/mol. The van der Waals surface area contributed by atoms with Crippen LogP contribution in [0, 0.1) is 11.3 Å². The van der Waals surface area contributed by atoms with E-state index in [1.54, 1.807) is 36.4 Å². The zero-order valence-corrected chi connectivity index (χ0v) is 15.9. The Morgan fingerprint density at radius 2 is 1.84 bits per heavy atom. The van der Waals surface area contributed by atoms with Crippen molar-refractivity contribution in [1.29, 1.82) is 0 Å². The van der Waals surface area contributed by atoms with E-state index in [0.29, 0.717) is 11.3 Å². The SMILES string of the molecule is CC(C)(C)C1=CC(=O)NC2=CC(=NC(=O)c3ccc(Br)cc3)C=CC21. The Bertz CT molecular complexity index is 853. The van der Waals surface area contributed by atoms with E-state index in [1.807, 2.05) is 12.2 Å². The van der Waals surface area contributed by atoms with Crippen LogP contribution in [0.3, 0.4) is 0 Å². The van der Waals surface area contributed by atoms with E-state index in [2.05, 4.69) is 47.0 Å². The van der Waals surface area contributed by atoms with Gasteiger partial charge in [-0.1, -0.05) is 42.8 Å². The predicted octanol–water partition coefficient (Wildman–Crippen LogP) is 4.20. The van der Waals surface area contributed by atoms with Gasteiger partial charge in [-0.25, -0.2) is 4.99 Å². The van der Waals surface area contributed by atoms with Gasteiger partial charge in [0, 0.05) is 27.7 Å². The third-order valence-corrected chi connectivity index (χ3v) is 4.70. The van der Waals surface area contributed by atoms with Crippen LogP contribution < -0.4 is 5.32 Å². The molecule has 0 saturated heterocycles. The van der Waals surface area contributed by atoms with Gasteiger partial charge in [0.25, 0.3) is 5.91 Å². The Labute approximate surface area is 155 Å². The van der Waals surface area contributed by atoms with Gasteiger partial charge in [0.2, 0.25) is 5.91 Å². The summed E-state index contributed by atoms with van der Waals surface area (Å²) in [7, 11) is 0. The van der Waals surface area contributed by atoms with E-state index in [-0.39, 0.29) is 23.1 Å². The van der Waals surface area contributed by atoms with Gasteiger partial charge in [0.15, 0.2) is 0 Å². The number of hydrogen-bond donors (Lipinski definition) is 1. The van der Waals surface area contributed by atoms with Crippen LogP contribution in [0.2, 0.25) is 0 Å². The molecule has 3 rings (SSSR count). The molecule has 0 aromatic heterocycles. The molecule has 1 aliphatic heterocycles. The first-order valence-electron chi connectivity index (χ1n) is 8.05. The fraction of sp³-hybridized carbons (Fsp3) is 0.250. The van der Waals surface area contributed by atoms with Crippen LogP contribution in [0.4, 0.5) is 0 Å². The summed E-state index contributed by atoms with van der Waals surface area (Å²) < 4.78 is 0.908. The zero-order valence-electron chi connectivity index (χ0n) is 14.3. The van der Waals surface area contributed by atoms with Crippen LogP contribution >= 0.6 is 15.9 Å². The summed E-state index contributed by atoms with van der Waals surface area (Å²) in [5, 5.41) is 2.87. The van der Waals surface area contributed by atoms with Crippen LogP contribution in [0.15, 0.2) is 69.3 Å². The second-order valence-electron chi connectivity index (χ2n) is 7.12. The normalized spacial score (nSPS) is 21.4. The maximum atomic E-state index is 12.3. The van der Waals surface area contributed by atoms with Gasteiger partial charge < -0.3 is 5.32 Å². The van der Waals surface area contributed by atoms with Crippen molar-refractivity contribution < 1.29 is 9.59 Å². The molecule has 4 nitrogen and oxygen atoms in total. The fourth-order valence-corrected chi connectivity index (χ4v) is 3.18. The van der Waals surface area contributed by atoms with Gasteiger partial charge in [-0.2, -0.15) is 0 Å². The number of nitrogens with zero attached hydrogens (tertiary/aromatic N) is 1. The van der Waals surface area contributed by atoms with E-state index >= 15 is 0 Å². The third kappa shape index (κ3) is 3.87. The topological polar surface area (TPSA) is 58.5 Å². The van der Waals surface area contributed by atoms with Crippen molar-refractivity contribution in [2.45, 2.75) is 20.8 Å². The van der Waals surface area contributed by atoms with Crippen molar-refractivity contribution >= 4 is 33.5 Å². The van der Waals surface area contributed by atoms with Gasteiger partial charge >= 0.3 is 0 Å². The summed E-state index contributed by atoms with van der Waals surface area (Å²) in [5.74, 6) is -0.433. The molecule has 0 saturated carbocycles. The molecule has 0 spiro atoms. The number of hydrogen-bond acceptors (Lipinski definition) is 2. The van der Waals surface area contributed by atoms with Gasteiger partial charge in [-0.15, -0.1) is 0 Å². The molecule has 0 radical (unpaired) electrons. The Morgan fingerprint density at radius 3 is 2.48 bits per heavy atom. The molecule has 2 amide bonds. The van der Waals surface area contributed by atoms with Crippen molar-refractivity contribution in [3.63, 3.8) is 0 Å². The molecule has 1 N–H and O–H groups in total. The van der Waals surface area contributed by atoms with Crippen molar-refractivity contribution in [2.24, 2.45) is 16.3 Å². The third-order valence-electron chi connectivity index (χ3n) is 4.17. The highest BCUT2D eigenvalue weighted by molar-refractivity contribution is 9.10. The van der Waals surface area contributed by atoms with E-state index in [0.717, 1.165) is 15.7 Å². The van der Waals surface area contributed by atoms with E-state index < -0.39 is 0 Å². The quantitative estimate of drug-likeness (QED) is 0.770. The zero-order chi connectivity index (χ0) is 18.2. The minimum absolute atomic E-state index is 0.0134. The molecule has 128 valence electrons. The maximum absolute atomic E-state index is 12.3. The average Bonchev–Trinajstić information content (AvgIpc) is 2.53. The van der Waals surface area contributed by atoms with Crippen molar-refractivity contribution in [1.82, 2.24) is 5.32 Å². The highest BCUT2D eigenvalue weighted by Gasteiger charge is 2.32. The lowest BCUT2D eigenvalue weighted by Crippen LogP contribution is -2.36. The summed E-state index contributed by atoms with van der Waals surface area (Å²) in [4.78, 5) is 28.5. The highest BCUT2D eigenvalue weighted by Crippen LogP contribution is 2.38. The highest BCUT2D eigenvalue weighted by atomic mass is 79.9. The molecule has 1 aromatic carbocycles. The van der Waals surface area contributed by atoms with Crippen LogP contribution in [-0.4, -0.2) is 17.5 Å². The second kappa shape index (κ2) is 6.56. The summed E-state index contributed by atoms with van der Waals surface area (Å²) >= 11 is 3.35. The number of benzene rings is 1. The molecule has 1 aromatic rings. The lowest BCUT2D eigenvalue weighted by atomic mass is 9.74. The minimum Gasteiger partial charge on any atom is -0.325 e. The summed E-state index contributed by atoms with van der Waals surface area (Å²) in [6, 6.07) is 7.06. The number of fused-ring (bicyclic) bond motifs is 1. The van der Waals surface area contributed by atoms with Crippen LogP contribution in [0.1, 0.15) is 31.1 Å². The number of nitrogens with one attached hydrogen (secondary N) is 1. The largest absolute Gasteiger partial charge is 0.325 e. The van der Waals surface area contributed by atoms with E-state index in [4.69, 9.17) is 0 Å². The van der Waals surface area contributed by atoms with Crippen molar-refractivity contribution in [3.8, 4) is 0 Å². The smallest absolute Gasteiger partial charge is 0.277 e. The standard InChI is InChI=1S/C20H19BrN2O2/c1-20(2,3)16-11-18(24)23-17-10-14(8-9-15(16)17)22-19(25)12-4-6-13(21)7-5-12/h4-11,15H,1-3H3,(H,23,24). The first-order valence-corrected chi connectivity index (χ1v) is 8.85. The number of amides is 2. The fourth-order valence-electron chi connectivity index (χ4n) is 2.92. The second-order valence-corrected chi connectivity index (χ2v) is 8.04. The summed E-state index contributed by atoms with van der Waals surface area (Å²) in [5.41, 5.74) is 2.76. The Kier molecular flexibility index (Phi) is 4.60. The lowest BCUT2D eigenvalue weighted by Gasteiger charge is -2.34. The molecular formula is C20H19BrN2O2. The molecule has 0 bridgehead atoms. The number of carbonyl (C=O) groups is 2. The Balaban J connectivity index is 1.89.